The standard InChI is InChI=1S/C11H16/c1-4-6-7-8-9-10-11(3)5-2/h4,9,11H,5,10H2,1-3H3. The third-order valence-electron chi connectivity index (χ3n) is 1.61. The third kappa shape index (κ3) is 6.97. The van der Waals surface area contributed by atoms with Crippen molar-refractivity contribution in [3.8, 4) is 0 Å². The summed E-state index contributed by atoms with van der Waals surface area (Å²) < 4.78 is 0. The smallest absolute Gasteiger partial charge is 0.0197 e. The molecule has 0 saturated carbocycles. The van der Waals surface area contributed by atoms with Crippen LogP contribution in [0.25, 0.3) is 0 Å². The molecule has 0 aliphatic rings. The van der Waals surface area contributed by atoms with Gasteiger partial charge in [0.2, 0.25) is 0 Å². The monoisotopic (exact) mass is 148 g/mol. The summed E-state index contributed by atoms with van der Waals surface area (Å²) >= 11 is 0. The van der Waals surface area contributed by atoms with E-state index in [-0.39, 0.29) is 0 Å². The molecule has 0 spiro atoms. The molecule has 0 radical (unpaired) electrons. The second-order valence-corrected chi connectivity index (χ2v) is 2.66. The summed E-state index contributed by atoms with van der Waals surface area (Å²) in [5, 5.41) is 0. The van der Waals surface area contributed by atoms with Crippen molar-refractivity contribution in [2.24, 2.45) is 5.92 Å². The number of hydrogen-bond donors (Lipinski definition) is 0. The van der Waals surface area contributed by atoms with Gasteiger partial charge in [0.15, 0.2) is 0 Å². The molecule has 0 aromatic rings. The van der Waals surface area contributed by atoms with Gasteiger partial charge in [-0.15, -0.1) is 0 Å². The van der Waals surface area contributed by atoms with Crippen molar-refractivity contribution < 1.29 is 0 Å². The van der Waals surface area contributed by atoms with Gasteiger partial charge in [-0.25, -0.2) is 0 Å². The minimum atomic E-state index is 0.759. The van der Waals surface area contributed by atoms with E-state index >= 15 is 0 Å². The van der Waals surface area contributed by atoms with Crippen LogP contribution in [0.3, 0.4) is 0 Å². The summed E-state index contributed by atoms with van der Waals surface area (Å²) in [6, 6.07) is 0. The van der Waals surface area contributed by atoms with Crippen molar-refractivity contribution in [1.29, 1.82) is 0 Å². The number of hydrogen-bond acceptors (Lipinski definition) is 0. The summed E-state index contributed by atoms with van der Waals surface area (Å²) in [6.07, 6.45) is 6.16. The molecule has 0 bridgehead atoms. The molecule has 0 nitrogen and oxygen atoms in total. The molecule has 0 aromatic carbocycles. The molecule has 0 rings (SSSR count). The minimum Gasteiger partial charge on any atom is -0.0661 e. The summed E-state index contributed by atoms with van der Waals surface area (Å²) in [5.41, 5.74) is 8.56. The molecular weight excluding hydrogens is 132 g/mol. The lowest BCUT2D eigenvalue weighted by atomic mass is 10.1. The van der Waals surface area contributed by atoms with E-state index in [1.165, 1.54) is 6.42 Å². The topological polar surface area (TPSA) is 0 Å². The predicted octanol–water partition coefficient (Wildman–Crippen LogP) is 3.46. The van der Waals surface area contributed by atoms with Gasteiger partial charge in [0.25, 0.3) is 0 Å². The maximum atomic E-state index is 2.93. The predicted molar refractivity (Wildman–Crippen MR) is 49.4 cm³/mol. The highest BCUT2D eigenvalue weighted by Crippen LogP contribution is 2.05. The van der Waals surface area contributed by atoms with Crippen molar-refractivity contribution in [2.45, 2.75) is 33.6 Å². The average Bonchev–Trinajstić information content (AvgIpc) is 2.04. The second kappa shape index (κ2) is 7.19. The van der Waals surface area contributed by atoms with E-state index in [1.54, 1.807) is 0 Å². The van der Waals surface area contributed by atoms with Gasteiger partial charge in [-0.2, -0.15) is 0 Å². The van der Waals surface area contributed by atoms with Crippen molar-refractivity contribution in [3.63, 3.8) is 0 Å². The first-order valence-electron chi connectivity index (χ1n) is 4.16. The molecule has 0 aliphatic heterocycles. The zero-order chi connectivity index (χ0) is 8.53. The van der Waals surface area contributed by atoms with Crippen molar-refractivity contribution in [2.75, 3.05) is 0 Å². The van der Waals surface area contributed by atoms with Crippen LogP contribution in [0.4, 0.5) is 0 Å². The van der Waals surface area contributed by atoms with Crippen LogP contribution in [0.15, 0.2) is 29.3 Å². The van der Waals surface area contributed by atoms with E-state index in [0.29, 0.717) is 0 Å². The number of allylic oxidation sites excluding steroid dienone is 2. The van der Waals surface area contributed by atoms with Crippen LogP contribution in [0.1, 0.15) is 33.6 Å². The Labute approximate surface area is 69.6 Å². The van der Waals surface area contributed by atoms with Gasteiger partial charge in [-0.3, -0.25) is 0 Å². The molecule has 11 heavy (non-hydrogen) atoms. The van der Waals surface area contributed by atoms with Gasteiger partial charge >= 0.3 is 0 Å². The Bertz CT molecular complexity index is 204. The fourth-order valence-electron chi connectivity index (χ4n) is 0.592. The Hall–Kier alpha value is -0.920. The van der Waals surface area contributed by atoms with E-state index in [0.717, 1.165) is 12.3 Å². The summed E-state index contributed by atoms with van der Waals surface area (Å²) in [5.74, 6) is 0.759. The number of rotatable bonds is 3. The van der Waals surface area contributed by atoms with Gasteiger partial charge in [-0.1, -0.05) is 31.7 Å². The lowest BCUT2D eigenvalue weighted by molar-refractivity contribution is 0.572. The molecule has 0 heterocycles. The first-order chi connectivity index (χ1) is 5.31. The molecule has 60 valence electrons. The van der Waals surface area contributed by atoms with Crippen LogP contribution < -0.4 is 0 Å². The van der Waals surface area contributed by atoms with Gasteiger partial charge in [0.1, 0.15) is 0 Å². The van der Waals surface area contributed by atoms with Crippen molar-refractivity contribution >= 4 is 0 Å². The SMILES string of the molecule is CC=C=C=C=CCC(C)CC. The highest BCUT2D eigenvalue weighted by Gasteiger charge is 1.91. The average molecular weight is 148 g/mol. The highest BCUT2D eigenvalue weighted by molar-refractivity contribution is 4.87. The van der Waals surface area contributed by atoms with Crippen molar-refractivity contribution in [3.05, 3.63) is 29.3 Å². The lowest BCUT2D eigenvalue weighted by Crippen LogP contribution is -1.86. The summed E-state index contributed by atoms with van der Waals surface area (Å²) in [4.78, 5) is 0. The Morgan fingerprint density at radius 3 is 2.64 bits per heavy atom. The Kier molecular flexibility index (Phi) is 6.59. The molecular formula is C11H16. The van der Waals surface area contributed by atoms with Crippen LogP contribution in [0.5, 0.6) is 0 Å². The van der Waals surface area contributed by atoms with Gasteiger partial charge < -0.3 is 0 Å². The molecule has 0 saturated heterocycles. The van der Waals surface area contributed by atoms with Crippen LogP contribution in [-0.4, -0.2) is 0 Å². The first-order valence-corrected chi connectivity index (χ1v) is 4.16. The van der Waals surface area contributed by atoms with Crippen LogP contribution in [0.2, 0.25) is 0 Å². The molecule has 0 heteroatoms. The van der Waals surface area contributed by atoms with E-state index in [2.05, 4.69) is 31.0 Å². The molecule has 0 aromatic heterocycles. The zero-order valence-corrected chi connectivity index (χ0v) is 7.65. The van der Waals surface area contributed by atoms with E-state index < -0.39 is 0 Å². The van der Waals surface area contributed by atoms with Crippen LogP contribution in [-0.2, 0) is 0 Å². The minimum absolute atomic E-state index is 0.759. The fourth-order valence-corrected chi connectivity index (χ4v) is 0.592. The Morgan fingerprint density at radius 2 is 2.09 bits per heavy atom. The summed E-state index contributed by atoms with van der Waals surface area (Å²) in [7, 11) is 0. The van der Waals surface area contributed by atoms with Gasteiger partial charge in [0.05, 0.1) is 0 Å². The second-order valence-electron chi connectivity index (χ2n) is 2.66. The van der Waals surface area contributed by atoms with E-state index in [1.807, 2.05) is 19.1 Å². The molecule has 0 fully saturated rings. The lowest BCUT2D eigenvalue weighted by Gasteiger charge is -1.99. The Morgan fingerprint density at radius 1 is 1.36 bits per heavy atom. The van der Waals surface area contributed by atoms with E-state index in [4.69, 9.17) is 0 Å². The molecule has 1 atom stereocenters. The van der Waals surface area contributed by atoms with Crippen molar-refractivity contribution in [1.82, 2.24) is 0 Å². The van der Waals surface area contributed by atoms with Crippen LogP contribution in [0, 0.1) is 5.92 Å². The zero-order valence-electron chi connectivity index (χ0n) is 7.65. The quantitative estimate of drug-likeness (QED) is 0.538. The molecule has 0 N–H and O–H groups in total. The summed E-state index contributed by atoms with van der Waals surface area (Å²) in [6.45, 7) is 6.35. The third-order valence-corrected chi connectivity index (χ3v) is 1.61. The largest absolute Gasteiger partial charge is 0.0661 e. The van der Waals surface area contributed by atoms with E-state index in [9.17, 15) is 0 Å². The normalized spacial score (nSPS) is 10.5. The van der Waals surface area contributed by atoms with Gasteiger partial charge in [-0.05, 0) is 37.1 Å². The van der Waals surface area contributed by atoms with Gasteiger partial charge in [0, 0.05) is 0 Å². The maximum Gasteiger partial charge on any atom is -0.0197 e. The Balaban J connectivity index is 3.87. The molecule has 1 unspecified atom stereocenters. The molecule has 0 amide bonds. The maximum absolute atomic E-state index is 2.93. The fraction of sp³-hybridized carbons (Fsp3) is 0.545. The molecule has 0 aliphatic carbocycles. The van der Waals surface area contributed by atoms with Crippen LogP contribution >= 0.6 is 0 Å². The highest BCUT2D eigenvalue weighted by atomic mass is 14.0. The first kappa shape index (κ1) is 10.1.